The monoisotopic (exact) mass is 290 g/mol. The van der Waals surface area contributed by atoms with E-state index in [2.05, 4.69) is 5.32 Å². The van der Waals surface area contributed by atoms with Crippen molar-refractivity contribution in [2.75, 3.05) is 0 Å². The SMILES string of the molecule is NC(=S)Cc1ccc(C(=O)NC2CCCCCC2)cc1. The maximum Gasteiger partial charge on any atom is 0.251 e. The minimum Gasteiger partial charge on any atom is -0.393 e. The molecule has 0 atom stereocenters. The van der Waals surface area contributed by atoms with Crippen LogP contribution in [-0.2, 0) is 6.42 Å². The van der Waals surface area contributed by atoms with Crippen molar-refractivity contribution >= 4 is 23.1 Å². The zero-order valence-corrected chi connectivity index (χ0v) is 12.5. The molecule has 0 aliphatic heterocycles. The van der Waals surface area contributed by atoms with Gasteiger partial charge in [0.15, 0.2) is 0 Å². The molecule has 4 heteroatoms. The second kappa shape index (κ2) is 7.39. The Morgan fingerprint density at radius 3 is 2.30 bits per heavy atom. The molecule has 1 amide bonds. The van der Waals surface area contributed by atoms with Gasteiger partial charge in [-0.25, -0.2) is 0 Å². The van der Waals surface area contributed by atoms with Crippen LogP contribution in [-0.4, -0.2) is 16.9 Å². The van der Waals surface area contributed by atoms with E-state index in [4.69, 9.17) is 18.0 Å². The number of amides is 1. The molecule has 1 aromatic rings. The lowest BCUT2D eigenvalue weighted by Crippen LogP contribution is -2.34. The molecule has 1 aromatic carbocycles. The van der Waals surface area contributed by atoms with E-state index < -0.39 is 0 Å². The summed E-state index contributed by atoms with van der Waals surface area (Å²) in [5.74, 6) is 0.0266. The Morgan fingerprint density at radius 1 is 1.15 bits per heavy atom. The highest BCUT2D eigenvalue weighted by Crippen LogP contribution is 2.17. The Morgan fingerprint density at radius 2 is 1.75 bits per heavy atom. The lowest BCUT2D eigenvalue weighted by atomic mass is 10.1. The summed E-state index contributed by atoms with van der Waals surface area (Å²) in [5.41, 5.74) is 7.27. The van der Waals surface area contributed by atoms with Crippen LogP contribution in [0.4, 0.5) is 0 Å². The highest BCUT2D eigenvalue weighted by molar-refractivity contribution is 7.80. The summed E-state index contributed by atoms with van der Waals surface area (Å²) in [5, 5.41) is 3.15. The third kappa shape index (κ3) is 4.60. The van der Waals surface area contributed by atoms with E-state index in [1.54, 1.807) is 0 Å². The zero-order valence-electron chi connectivity index (χ0n) is 11.7. The highest BCUT2D eigenvalue weighted by Gasteiger charge is 2.15. The maximum absolute atomic E-state index is 12.2. The molecule has 0 bridgehead atoms. The molecular weight excluding hydrogens is 268 g/mol. The highest BCUT2D eigenvalue weighted by atomic mass is 32.1. The van der Waals surface area contributed by atoms with Gasteiger partial charge in [-0.3, -0.25) is 4.79 Å². The van der Waals surface area contributed by atoms with Gasteiger partial charge >= 0.3 is 0 Å². The molecule has 0 heterocycles. The van der Waals surface area contributed by atoms with Crippen LogP contribution in [0.25, 0.3) is 0 Å². The van der Waals surface area contributed by atoms with Crippen LogP contribution in [0.1, 0.15) is 54.4 Å². The second-order valence-corrected chi connectivity index (χ2v) is 6.03. The first-order valence-corrected chi connectivity index (χ1v) is 7.74. The van der Waals surface area contributed by atoms with E-state index in [1.807, 2.05) is 24.3 Å². The van der Waals surface area contributed by atoms with E-state index in [9.17, 15) is 4.79 Å². The smallest absolute Gasteiger partial charge is 0.251 e. The topological polar surface area (TPSA) is 55.1 Å². The van der Waals surface area contributed by atoms with Crippen molar-refractivity contribution in [3.63, 3.8) is 0 Å². The number of carbonyl (C=O) groups is 1. The summed E-state index contributed by atoms with van der Waals surface area (Å²) < 4.78 is 0. The van der Waals surface area contributed by atoms with Crippen LogP contribution in [0.2, 0.25) is 0 Å². The largest absolute Gasteiger partial charge is 0.393 e. The van der Waals surface area contributed by atoms with Crippen molar-refractivity contribution in [2.45, 2.75) is 51.0 Å². The molecule has 0 saturated heterocycles. The van der Waals surface area contributed by atoms with E-state index in [-0.39, 0.29) is 5.91 Å². The number of hydrogen-bond acceptors (Lipinski definition) is 2. The molecule has 1 aliphatic rings. The first kappa shape index (κ1) is 15.0. The van der Waals surface area contributed by atoms with Crippen molar-refractivity contribution in [1.29, 1.82) is 0 Å². The van der Waals surface area contributed by atoms with E-state index in [1.165, 1.54) is 25.7 Å². The zero-order chi connectivity index (χ0) is 14.4. The fourth-order valence-electron chi connectivity index (χ4n) is 2.67. The summed E-state index contributed by atoms with van der Waals surface area (Å²) in [7, 11) is 0. The number of rotatable bonds is 4. The summed E-state index contributed by atoms with van der Waals surface area (Å²) in [6.07, 6.45) is 7.81. The van der Waals surface area contributed by atoms with Gasteiger partial charge in [0, 0.05) is 18.0 Å². The first-order valence-electron chi connectivity index (χ1n) is 7.33. The van der Waals surface area contributed by atoms with Gasteiger partial charge in [0.1, 0.15) is 0 Å². The Labute approximate surface area is 125 Å². The third-order valence-corrected chi connectivity index (χ3v) is 3.93. The minimum absolute atomic E-state index is 0.0266. The van der Waals surface area contributed by atoms with Gasteiger partial charge in [-0.15, -0.1) is 0 Å². The molecule has 0 aromatic heterocycles. The number of thiocarbonyl (C=S) groups is 1. The van der Waals surface area contributed by atoms with Crippen molar-refractivity contribution in [3.8, 4) is 0 Å². The summed E-state index contributed by atoms with van der Waals surface area (Å²) in [6.45, 7) is 0. The Hall–Kier alpha value is -1.42. The molecule has 108 valence electrons. The standard InChI is InChI=1S/C16H22N2OS/c17-15(20)11-12-7-9-13(10-8-12)16(19)18-14-5-3-1-2-4-6-14/h7-10,14H,1-6,11H2,(H2,17,20)(H,18,19). The molecule has 2 rings (SSSR count). The van der Waals surface area contributed by atoms with Crippen LogP contribution in [0.3, 0.4) is 0 Å². The molecule has 1 aliphatic carbocycles. The molecule has 3 N–H and O–H groups in total. The first-order chi connectivity index (χ1) is 9.65. The summed E-state index contributed by atoms with van der Waals surface area (Å²) in [6, 6.07) is 7.86. The molecule has 0 spiro atoms. The normalized spacial score (nSPS) is 16.4. The van der Waals surface area contributed by atoms with Gasteiger partial charge in [-0.2, -0.15) is 0 Å². The Kier molecular flexibility index (Phi) is 5.53. The molecule has 1 saturated carbocycles. The van der Waals surface area contributed by atoms with Gasteiger partial charge in [-0.1, -0.05) is 50.0 Å². The Balaban J connectivity index is 1.92. The second-order valence-electron chi connectivity index (χ2n) is 5.50. The molecular formula is C16H22N2OS. The fourth-order valence-corrected chi connectivity index (χ4v) is 2.83. The maximum atomic E-state index is 12.2. The van der Waals surface area contributed by atoms with Gasteiger partial charge in [0.2, 0.25) is 0 Å². The number of nitrogens with two attached hydrogens (primary N) is 1. The number of carbonyl (C=O) groups excluding carboxylic acids is 1. The number of benzene rings is 1. The molecule has 20 heavy (non-hydrogen) atoms. The summed E-state index contributed by atoms with van der Waals surface area (Å²) in [4.78, 5) is 12.7. The predicted molar refractivity (Wildman–Crippen MR) is 85.9 cm³/mol. The third-order valence-electron chi connectivity index (χ3n) is 3.78. The van der Waals surface area contributed by atoms with Gasteiger partial charge < -0.3 is 11.1 Å². The Bertz CT molecular complexity index is 462. The van der Waals surface area contributed by atoms with Crippen LogP contribution >= 0.6 is 12.2 Å². The average Bonchev–Trinajstić information content (AvgIpc) is 2.67. The molecule has 0 unspecified atom stereocenters. The van der Waals surface area contributed by atoms with Crippen LogP contribution in [0, 0.1) is 0 Å². The van der Waals surface area contributed by atoms with Crippen molar-refractivity contribution < 1.29 is 4.79 Å². The minimum atomic E-state index is 0.0266. The van der Waals surface area contributed by atoms with Crippen molar-refractivity contribution in [2.24, 2.45) is 5.73 Å². The van der Waals surface area contributed by atoms with Gasteiger partial charge in [-0.05, 0) is 30.5 Å². The van der Waals surface area contributed by atoms with E-state index >= 15 is 0 Å². The average molecular weight is 290 g/mol. The summed E-state index contributed by atoms with van der Waals surface area (Å²) >= 11 is 4.88. The van der Waals surface area contributed by atoms with Crippen LogP contribution in [0.15, 0.2) is 24.3 Å². The predicted octanol–water partition coefficient (Wildman–Crippen LogP) is 2.97. The number of hydrogen-bond donors (Lipinski definition) is 2. The number of nitrogens with one attached hydrogen (secondary N) is 1. The van der Waals surface area contributed by atoms with E-state index in [0.717, 1.165) is 18.4 Å². The van der Waals surface area contributed by atoms with Crippen LogP contribution < -0.4 is 11.1 Å². The quantitative estimate of drug-likeness (QED) is 0.662. The van der Waals surface area contributed by atoms with E-state index in [0.29, 0.717) is 23.0 Å². The van der Waals surface area contributed by atoms with Crippen LogP contribution in [0.5, 0.6) is 0 Å². The molecule has 0 radical (unpaired) electrons. The lowest BCUT2D eigenvalue weighted by Gasteiger charge is -2.16. The van der Waals surface area contributed by atoms with Crippen molar-refractivity contribution in [1.82, 2.24) is 5.32 Å². The van der Waals surface area contributed by atoms with Gasteiger partial charge in [0.25, 0.3) is 5.91 Å². The molecule has 1 fully saturated rings. The van der Waals surface area contributed by atoms with Gasteiger partial charge in [0.05, 0.1) is 4.99 Å². The molecule has 3 nitrogen and oxygen atoms in total. The lowest BCUT2D eigenvalue weighted by molar-refractivity contribution is 0.0933. The fraction of sp³-hybridized carbons (Fsp3) is 0.500. The van der Waals surface area contributed by atoms with Crippen molar-refractivity contribution in [3.05, 3.63) is 35.4 Å².